The van der Waals surface area contributed by atoms with Crippen molar-refractivity contribution in [3.05, 3.63) is 47.3 Å². The second-order valence-electron chi connectivity index (χ2n) is 4.56. The lowest BCUT2D eigenvalue weighted by Crippen LogP contribution is -2.33. The summed E-state index contributed by atoms with van der Waals surface area (Å²) in [6.45, 7) is 1.57. The number of nitrogens with zero attached hydrogens (tertiary/aromatic N) is 2. The Kier molecular flexibility index (Phi) is 4.36. The van der Waals surface area contributed by atoms with E-state index in [-0.39, 0.29) is 12.2 Å². The first-order chi connectivity index (χ1) is 10.3. The second kappa shape index (κ2) is 6.06. The topological polar surface area (TPSA) is 79.2 Å². The third-order valence-corrected chi connectivity index (χ3v) is 2.85. The number of alkyl halides is 3. The summed E-state index contributed by atoms with van der Waals surface area (Å²) in [5, 5.41) is 14.2. The van der Waals surface area contributed by atoms with Crippen molar-refractivity contribution >= 4 is 6.03 Å². The number of urea groups is 1. The number of amides is 2. The Morgan fingerprint density at radius 3 is 2.68 bits per heavy atom. The first-order valence-electron chi connectivity index (χ1n) is 6.22. The van der Waals surface area contributed by atoms with Crippen LogP contribution in [0.5, 0.6) is 0 Å². The number of hydrogen-bond acceptors (Lipinski definition) is 3. The molecule has 118 valence electrons. The van der Waals surface area contributed by atoms with E-state index < -0.39 is 17.9 Å². The van der Waals surface area contributed by atoms with Crippen molar-refractivity contribution < 1.29 is 23.2 Å². The highest BCUT2D eigenvalue weighted by molar-refractivity contribution is 5.72. The number of rotatable bonds is 3. The van der Waals surface area contributed by atoms with Gasteiger partial charge < -0.3 is 5.32 Å². The van der Waals surface area contributed by atoms with Gasteiger partial charge in [-0.2, -0.15) is 18.3 Å². The molecule has 0 fully saturated rings. The van der Waals surface area contributed by atoms with E-state index in [4.69, 9.17) is 5.21 Å². The van der Waals surface area contributed by atoms with Gasteiger partial charge in [0, 0.05) is 0 Å². The molecule has 0 saturated carbocycles. The highest BCUT2D eigenvalue weighted by atomic mass is 19.4. The van der Waals surface area contributed by atoms with Gasteiger partial charge in [0.05, 0.1) is 17.9 Å². The molecule has 1 aromatic carbocycles. The molecular formula is C13H13F3N4O2. The molecule has 1 heterocycles. The standard InChI is InChI=1S/C13H13F3N4O2/c1-8-3-2-4-9(5-8)20-10(7-17-12(21)19-22)6-11(18-20)13(14,15)16/h2-6,22H,7H2,1H3,(H2,17,19,21). The molecule has 3 N–H and O–H groups in total. The highest BCUT2D eigenvalue weighted by Gasteiger charge is 2.35. The average Bonchev–Trinajstić information content (AvgIpc) is 2.89. The summed E-state index contributed by atoms with van der Waals surface area (Å²) in [6.07, 6.45) is -4.59. The van der Waals surface area contributed by atoms with Crippen LogP contribution in [0.3, 0.4) is 0 Å². The molecule has 0 radical (unpaired) electrons. The van der Waals surface area contributed by atoms with Crippen LogP contribution in [0.4, 0.5) is 18.0 Å². The molecule has 0 saturated heterocycles. The number of hydrogen-bond donors (Lipinski definition) is 3. The number of aryl methyl sites for hydroxylation is 1. The van der Waals surface area contributed by atoms with Crippen LogP contribution in [0.2, 0.25) is 0 Å². The molecule has 6 nitrogen and oxygen atoms in total. The third-order valence-electron chi connectivity index (χ3n) is 2.85. The molecule has 0 unspecified atom stereocenters. The van der Waals surface area contributed by atoms with Crippen molar-refractivity contribution in [3.63, 3.8) is 0 Å². The van der Waals surface area contributed by atoms with E-state index in [1.54, 1.807) is 31.2 Å². The summed E-state index contributed by atoms with van der Waals surface area (Å²) in [5.74, 6) is 0. The molecule has 22 heavy (non-hydrogen) atoms. The lowest BCUT2D eigenvalue weighted by Gasteiger charge is -2.09. The Morgan fingerprint density at radius 2 is 2.09 bits per heavy atom. The maximum atomic E-state index is 12.8. The normalized spacial score (nSPS) is 11.3. The molecule has 0 spiro atoms. The monoisotopic (exact) mass is 314 g/mol. The van der Waals surface area contributed by atoms with Gasteiger partial charge in [0.15, 0.2) is 5.69 Å². The van der Waals surface area contributed by atoms with Crippen LogP contribution in [-0.4, -0.2) is 21.0 Å². The van der Waals surface area contributed by atoms with Gasteiger partial charge in [0.1, 0.15) is 0 Å². The van der Waals surface area contributed by atoms with Gasteiger partial charge in [-0.05, 0) is 30.7 Å². The number of aromatic nitrogens is 2. The van der Waals surface area contributed by atoms with E-state index in [9.17, 15) is 18.0 Å². The summed E-state index contributed by atoms with van der Waals surface area (Å²) >= 11 is 0. The zero-order valence-corrected chi connectivity index (χ0v) is 11.5. The molecule has 0 bridgehead atoms. The summed E-state index contributed by atoms with van der Waals surface area (Å²) in [7, 11) is 0. The maximum Gasteiger partial charge on any atom is 0.435 e. The fourth-order valence-electron chi connectivity index (χ4n) is 1.88. The van der Waals surface area contributed by atoms with E-state index >= 15 is 0 Å². The Bertz CT molecular complexity index is 682. The molecule has 2 aromatic rings. The van der Waals surface area contributed by atoms with Crippen LogP contribution >= 0.6 is 0 Å². The maximum absolute atomic E-state index is 12.8. The Morgan fingerprint density at radius 1 is 1.36 bits per heavy atom. The lowest BCUT2D eigenvalue weighted by atomic mass is 10.2. The van der Waals surface area contributed by atoms with E-state index in [0.29, 0.717) is 5.69 Å². The third kappa shape index (κ3) is 3.55. The fraction of sp³-hybridized carbons (Fsp3) is 0.231. The largest absolute Gasteiger partial charge is 0.435 e. The first-order valence-corrected chi connectivity index (χ1v) is 6.22. The number of halogens is 3. The van der Waals surface area contributed by atoms with Crippen LogP contribution < -0.4 is 10.8 Å². The van der Waals surface area contributed by atoms with E-state index in [1.165, 1.54) is 5.48 Å². The molecule has 0 aliphatic carbocycles. The Balaban J connectivity index is 2.41. The van der Waals surface area contributed by atoms with E-state index in [0.717, 1.165) is 16.3 Å². The minimum atomic E-state index is -4.59. The average molecular weight is 314 g/mol. The van der Waals surface area contributed by atoms with Crippen molar-refractivity contribution in [2.45, 2.75) is 19.6 Å². The number of hydroxylamine groups is 1. The molecule has 2 amide bonds. The number of nitrogens with one attached hydrogen (secondary N) is 2. The molecule has 0 aliphatic heterocycles. The molecule has 2 rings (SSSR count). The first kappa shape index (κ1) is 15.8. The highest BCUT2D eigenvalue weighted by Crippen LogP contribution is 2.29. The van der Waals surface area contributed by atoms with Gasteiger partial charge in [0.2, 0.25) is 0 Å². The van der Waals surface area contributed by atoms with Crippen LogP contribution in [0, 0.1) is 6.92 Å². The number of benzene rings is 1. The summed E-state index contributed by atoms with van der Waals surface area (Å²) < 4.78 is 39.6. The van der Waals surface area contributed by atoms with Gasteiger partial charge in [-0.1, -0.05) is 12.1 Å². The van der Waals surface area contributed by atoms with Gasteiger partial charge in [-0.15, -0.1) is 0 Å². The van der Waals surface area contributed by atoms with E-state index in [1.807, 2.05) is 0 Å². The van der Waals surface area contributed by atoms with Gasteiger partial charge >= 0.3 is 12.2 Å². The lowest BCUT2D eigenvalue weighted by molar-refractivity contribution is -0.141. The van der Waals surface area contributed by atoms with Crippen molar-refractivity contribution in [1.82, 2.24) is 20.6 Å². The quantitative estimate of drug-likeness (QED) is 0.601. The summed E-state index contributed by atoms with van der Waals surface area (Å²) in [4.78, 5) is 11.0. The van der Waals surface area contributed by atoms with Crippen molar-refractivity contribution in [2.24, 2.45) is 0 Å². The zero-order valence-electron chi connectivity index (χ0n) is 11.5. The fourth-order valence-corrected chi connectivity index (χ4v) is 1.88. The van der Waals surface area contributed by atoms with Crippen LogP contribution in [0.15, 0.2) is 30.3 Å². The molecule has 1 aromatic heterocycles. The molecule has 9 heteroatoms. The minimum absolute atomic E-state index is 0.126. The molecular weight excluding hydrogens is 301 g/mol. The van der Waals surface area contributed by atoms with Crippen molar-refractivity contribution in [3.8, 4) is 5.69 Å². The number of carbonyl (C=O) groups excluding carboxylic acids is 1. The minimum Gasteiger partial charge on any atom is -0.331 e. The second-order valence-corrected chi connectivity index (χ2v) is 4.56. The van der Waals surface area contributed by atoms with Crippen molar-refractivity contribution in [1.29, 1.82) is 0 Å². The Labute approximate surface area is 123 Å². The van der Waals surface area contributed by atoms with E-state index in [2.05, 4.69) is 10.4 Å². The van der Waals surface area contributed by atoms with Crippen molar-refractivity contribution in [2.75, 3.05) is 0 Å². The van der Waals surface area contributed by atoms with Gasteiger partial charge in [-0.25, -0.2) is 15.0 Å². The Hall–Kier alpha value is -2.55. The van der Waals surface area contributed by atoms with Gasteiger partial charge in [0.25, 0.3) is 0 Å². The summed E-state index contributed by atoms with van der Waals surface area (Å²) in [6, 6.07) is 6.69. The van der Waals surface area contributed by atoms with Crippen LogP contribution in [0.25, 0.3) is 5.69 Å². The molecule has 0 aliphatic rings. The predicted octanol–water partition coefficient (Wildman–Crippen LogP) is 2.39. The predicted molar refractivity (Wildman–Crippen MR) is 70.5 cm³/mol. The summed E-state index contributed by atoms with van der Waals surface area (Å²) in [5.41, 5.74) is 1.70. The van der Waals surface area contributed by atoms with Crippen LogP contribution in [0.1, 0.15) is 17.0 Å². The molecule has 0 atom stereocenters. The zero-order chi connectivity index (χ0) is 16.3. The van der Waals surface area contributed by atoms with Gasteiger partial charge in [-0.3, -0.25) is 5.21 Å². The smallest absolute Gasteiger partial charge is 0.331 e. The van der Waals surface area contributed by atoms with Crippen LogP contribution in [-0.2, 0) is 12.7 Å². The SMILES string of the molecule is Cc1cccc(-n2nc(C(F)(F)F)cc2CNC(=O)NO)c1. The number of carbonyl (C=O) groups is 1.